The lowest BCUT2D eigenvalue weighted by Gasteiger charge is -2.36. The number of rotatable bonds is 5. The van der Waals surface area contributed by atoms with Gasteiger partial charge in [-0.3, -0.25) is 9.59 Å². The molecule has 0 aromatic heterocycles. The van der Waals surface area contributed by atoms with E-state index in [9.17, 15) is 14.0 Å². The molecule has 0 radical (unpaired) electrons. The van der Waals surface area contributed by atoms with Gasteiger partial charge in [-0.2, -0.15) is 0 Å². The standard InChI is InChI=1S/C14H18FN3O2S.ClH/c15-11-3-1-2-10(6-11)12-7-17-4-5-18(12)14(20)9-21-8-13(16)19;/h1-3,6,12,17H,4-5,7-9H2,(H2,16,19);1H. The number of nitrogens with two attached hydrogens (primary N) is 1. The third kappa shape index (κ3) is 5.15. The van der Waals surface area contributed by atoms with Crippen molar-refractivity contribution in [3.63, 3.8) is 0 Å². The van der Waals surface area contributed by atoms with Crippen molar-refractivity contribution in [3.05, 3.63) is 35.6 Å². The van der Waals surface area contributed by atoms with E-state index in [1.807, 2.05) is 6.07 Å². The number of piperazine rings is 1. The molecule has 0 saturated carbocycles. The highest BCUT2D eigenvalue weighted by Crippen LogP contribution is 2.23. The number of thioether (sulfide) groups is 1. The zero-order valence-electron chi connectivity index (χ0n) is 12.0. The molecule has 1 heterocycles. The van der Waals surface area contributed by atoms with Crippen LogP contribution < -0.4 is 11.1 Å². The van der Waals surface area contributed by atoms with E-state index in [4.69, 9.17) is 5.73 Å². The van der Waals surface area contributed by atoms with Gasteiger partial charge in [-0.05, 0) is 17.7 Å². The number of hydrogen-bond acceptors (Lipinski definition) is 4. The van der Waals surface area contributed by atoms with Gasteiger partial charge in [0.15, 0.2) is 0 Å². The maximum Gasteiger partial charge on any atom is 0.233 e. The summed E-state index contributed by atoms with van der Waals surface area (Å²) in [5.74, 6) is -0.475. The molecule has 5 nitrogen and oxygen atoms in total. The predicted molar refractivity (Wildman–Crippen MR) is 87.5 cm³/mol. The van der Waals surface area contributed by atoms with Crippen LogP contribution in [-0.4, -0.2) is 47.9 Å². The summed E-state index contributed by atoms with van der Waals surface area (Å²) in [6.45, 7) is 1.87. The summed E-state index contributed by atoms with van der Waals surface area (Å²) in [5.41, 5.74) is 5.83. The number of primary amides is 1. The monoisotopic (exact) mass is 347 g/mol. The average Bonchev–Trinajstić information content (AvgIpc) is 2.47. The highest BCUT2D eigenvalue weighted by atomic mass is 35.5. The molecular weight excluding hydrogens is 329 g/mol. The topological polar surface area (TPSA) is 75.4 Å². The third-order valence-corrected chi connectivity index (χ3v) is 4.21. The lowest BCUT2D eigenvalue weighted by atomic mass is 10.0. The Balaban J connectivity index is 0.00000242. The van der Waals surface area contributed by atoms with Gasteiger partial charge in [0.1, 0.15) is 5.82 Å². The number of nitrogens with zero attached hydrogens (tertiary/aromatic N) is 1. The first-order chi connectivity index (χ1) is 10.1. The van der Waals surface area contributed by atoms with Crippen LogP contribution in [0.4, 0.5) is 4.39 Å². The minimum absolute atomic E-state index is 0. The van der Waals surface area contributed by atoms with Crippen LogP contribution in [0, 0.1) is 5.82 Å². The van der Waals surface area contributed by atoms with Crippen LogP contribution >= 0.6 is 24.2 Å². The molecule has 0 bridgehead atoms. The average molecular weight is 348 g/mol. The molecule has 1 aliphatic heterocycles. The molecule has 1 atom stereocenters. The van der Waals surface area contributed by atoms with Gasteiger partial charge < -0.3 is 16.0 Å². The maximum absolute atomic E-state index is 13.4. The molecule has 22 heavy (non-hydrogen) atoms. The van der Waals surface area contributed by atoms with Crippen LogP contribution in [0.2, 0.25) is 0 Å². The van der Waals surface area contributed by atoms with E-state index in [0.29, 0.717) is 19.6 Å². The number of carbonyl (C=O) groups excluding carboxylic acids is 2. The summed E-state index contributed by atoms with van der Waals surface area (Å²) in [5, 5.41) is 3.21. The van der Waals surface area contributed by atoms with Gasteiger partial charge in [0.25, 0.3) is 0 Å². The third-order valence-electron chi connectivity index (χ3n) is 3.27. The van der Waals surface area contributed by atoms with Crippen LogP contribution in [0.1, 0.15) is 11.6 Å². The normalized spacial score (nSPS) is 17.7. The Morgan fingerprint density at radius 3 is 2.86 bits per heavy atom. The van der Waals surface area contributed by atoms with E-state index in [0.717, 1.165) is 5.56 Å². The Bertz CT molecular complexity index is 533. The fourth-order valence-electron chi connectivity index (χ4n) is 2.34. The van der Waals surface area contributed by atoms with Gasteiger partial charge in [-0.1, -0.05) is 12.1 Å². The Labute approximate surface area is 139 Å². The summed E-state index contributed by atoms with van der Waals surface area (Å²) in [4.78, 5) is 24.7. The minimum Gasteiger partial charge on any atom is -0.369 e. The molecule has 1 aliphatic rings. The van der Waals surface area contributed by atoms with Crippen molar-refractivity contribution in [1.82, 2.24) is 10.2 Å². The SMILES string of the molecule is Cl.NC(=O)CSCC(=O)N1CCNCC1c1cccc(F)c1. The van der Waals surface area contributed by atoms with Gasteiger partial charge in [0.05, 0.1) is 17.5 Å². The number of hydrogen-bond donors (Lipinski definition) is 2. The van der Waals surface area contributed by atoms with Gasteiger partial charge in [-0.25, -0.2) is 4.39 Å². The number of amides is 2. The lowest BCUT2D eigenvalue weighted by molar-refractivity contribution is -0.131. The molecule has 3 N–H and O–H groups in total. The second-order valence-corrected chi connectivity index (χ2v) is 5.81. The molecule has 1 unspecified atom stereocenters. The molecule has 2 amide bonds. The molecule has 1 aromatic rings. The van der Waals surface area contributed by atoms with Gasteiger partial charge in [0.2, 0.25) is 11.8 Å². The van der Waals surface area contributed by atoms with E-state index >= 15 is 0 Å². The van der Waals surface area contributed by atoms with Crippen LogP contribution in [0.5, 0.6) is 0 Å². The van der Waals surface area contributed by atoms with E-state index in [1.54, 1.807) is 11.0 Å². The molecule has 2 rings (SSSR count). The Morgan fingerprint density at radius 2 is 2.18 bits per heavy atom. The molecule has 0 aliphatic carbocycles. The fraction of sp³-hybridized carbons (Fsp3) is 0.429. The van der Waals surface area contributed by atoms with E-state index in [2.05, 4.69) is 5.32 Å². The summed E-state index contributed by atoms with van der Waals surface area (Å²) in [6, 6.07) is 6.11. The molecule has 122 valence electrons. The molecular formula is C14H19ClFN3O2S. The predicted octanol–water partition coefficient (Wildman–Crippen LogP) is 0.939. The van der Waals surface area contributed by atoms with Gasteiger partial charge in [0, 0.05) is 19.6 Å². The highest BCUT2D eigenvalue weighted by Gasteiger charge is 2.27. The summed E-state index contributed by atoms with van der Waals surface area (Å²) < 4.78 is 13.4. The summed E-state index contributed by atoms with van der Waals surface area (Å²) >= 11 is 1.20. The molecule has 0 spiro atoms. The maximum atomic E-state index is 13.4. The molecule has 1 fully saturated rings. The zero-order valence-corrected chi connectivity index (χ0v) is 13.6. The quantitative estimate of drug-likeness (QED) is 0.831. The zero-order chi connectivity index (χ0) is 15.2. The van der Waals surface area contributed by atoms with Crippen LogP contribution in [0.25, 0.3) is 0 Å². The Hall–Kier alpha value is -1.31. The first-order valence-electron chi connectivity index (χ1n) is 6.69. The smallest absolute Gasteiger partial charge is 0.233 e. The number of carbonyl (C=O) groups is 2. The Morgan fingerprint density at radius 1 is 1.41 bits per heavy atom. The van der Waals surface area contributed by atoms with Crippen LogP contribution in [-0.2, 0) is 9.59 Å². The summed E-state index contributed by atoms with van der Waals surface area (Å²) in [7, 11) is 0. The molecule has 1 saturated heterocycles. The second-order valence-electron chi connectivity index (χ2n) is 4.82. The molecule has 1 aromatic carbocycles. The lowest BCUT2D eigenvalue weighted by Crippen LogP contribution is -2.49. The van der Waals surface area contributed by atoms with Gasteiger partial charge >= 0.3 is 0 Å². The van der Waals surface area contributed by atoms with Crippen LogP contribution in [0.15, 0.2) is 24.3 Å². The largest absolute Gasteiger partial charge is 0.369 e. The first-order valence-corrected chi connectivity index (χ1v) is 7.85. The van der Waals surface area contributed by atoms with Crippen LogP contribution in [0.3, 0.4) is 0 Å². The van der Waals surface area contributed by atoms with Crippen molar-refractivity contribution in [1.29, 1.82) is 0 Å². The van der Waals surface area contributed by atoms with Crippen molar-refractivity contribution in [2.24, 2.45) is 5.73 Å². The summed E-state index contributed by atoms with van der Waals surface area (Å²) in [6.07, 6.45) is 0. The van der Waals surface area contributed by atoms with Crippen molar-refractivity contribution in [2.75, 3.05) is 31.1 Å². The second kappa shape index (κ2) is 8.97. The van der Waals surface area contributed by atoms with Crippen molar-refractivity contribution in [3.8, 4) is 0 Å². The first kappa shape index (κ1) is 18.7. The van der Waals surface area contributed by atoms with E-state index in [1.165, 1.54) is 23.9 Å². The number of halogens is 2. The van der Waals surface area contributed by atoms with Crippen molar-refractivity contribution < 1.29 is 14.0 Å². The van der Waals surface area contributed by atoms with E-state index < -0.39 is 5.91 Å². The highest BCUT2D eigenvalue weighted by molar-refractivity contribution is 8.00. The van der Waals surface area contributed by atoms with E-state index in [-0.39, 0.29) is 41.7 Å². The minimum atomic E-state index is -0.435. The fourth-order valence-corrected chi connectivity index (χ4v) is 2.98. The Kier molecular flexibility index (Phi) is 7.64. The van der Waals surface area contributed by atoms with Gasteiger partial charge in [-0.15, -0.1) is 24.2 Å². The molecule has 8 heteroatoms. The van der Waals surface area contributed by atoms with Crippen molar-refractivity contribution >= 4 is 36.0 Å². The van der Waals surface area contributed by atoms with Crippen molar-refractivity contribution in [2.45, 2.75) is 6.04 Å². The number of benzene rings is 1. The number of nitrogens with one attached hydrogen (secondary N) is 1.